The molecule has 1 heterocycles. The quantitative estimate of drug-likeness (QED) is 0.257. The minimum atomic E-state index is -1.54. The van der Waals surface area contributed by atoms with Gasteiger partial charge in [-0.25, -0.2) is 4.79 Å². The number of carbonyl (C=O) groups is 1. The van der Waals surface area contributed by atoms with E-state index in [4.69, 9.17) is 15.6 Å². The van der Waals surface area contributed by atoms with Gasteiger partial charge in [0, 0.05) is 13.2 Å². The van der Waals surface area contributed by atoms with Crippen LogP contribution in [0.5, 0.6) is 11.5 Å². The summed E-state index contributed by atoms with van der Waals surface area (Å²) in [5.41, 5.74) is 0.171. The zero-order chi connectivity index (χ0) is 19.4. The van der Waals surface area contributed by atoms with Gasteiger partial charge >= 0.3 is 5.97 Å². The number of rotatable bonds is 5. The number of benzene rings is 1. The van der Waals surface area contributed by atoms with E-state index < -0.39 is 49.0 Å². The molecule has 0 amide bonds. The Morgan fingerprint density at radius 2 is 1.96 bits per heavy atom. The van der Waals surface area contributed by atoms with Gasteiger partial charge in [0.15, 0.2) is 17.8 Å². The van der Waals surface area contributed by atoms with Crippen LogP contribution >= 0.6 is 0 Å². The van der Waals surface area contributed by atoms with Crippen LogP contribution in [0.25, 0.3) is 6.05 Å². The number of aliphatic hydroxyl groups is 3. The molecule has 5 N–H and O–H groups in total. The molecule has 138 valence electrons. The van der Waals surface area contributed by atoms with Gasteiger partial charge in [0.25, 0.3) is 0 Å². The first-order valence-corrected chi connectivity index (χ1v) is 7.34. The molecule has 1 aromatic carbocycles. The molecule has 5 atom stereocenters. The number of aromatic hydroxyl groups is 2. The molecule has 0 bridgehead atoms. The van der Waals surface area contributed by atoms with E-state index in [1.165, 1.54) is 19.2 Å². The van der Waals surface area contributed by atoms with Gasteiger partial charge in [-0.1, -0.05) is 6.07 Å². The molecule has 2 rings (SSSR count). The Morgan fingerprint density at radius 1 is 1.24 bits per heavy atom. The fourth-order valence-electron chi connectivity index (χ4n) is 2.21. The fraction of sp³-hybridized carbons (Fsp3) is 0.438. The van der Waals surface area contributed by atoms with Crippen molar-refractivity contribution >= 4 is 12.0 Å². The van der Waals surface area contributed by atoms with Crippen LogP contribution in [0, 0.1) is 0 Å². The van der Waals surface area contributed by atoms with Gasteiger partial charge in [-0.2, -0.15) is 0 Å². The number of methoxy groups -OCH3 is 1. The summed E-state index contributed by atoms with van der Waals surface area (Å²) >= 11 is 0. The van der Waals surface area contributed by atoms with Crippen molar-refractivity contribution < 1.29 is 45.9 Å². The van der Waals surface area contributed by atoms with E-state index in [1.807, 2.05) is 0 Å². The number of ether oxygens (including phenoxy) is 3. The molecule has 0 radical (unpaired) electrons. The molecule has 25 heavy (non-hydrogen) atoms. The molecule has 9 heteroatoms. The standard InChI is InChI=1S/C16H20O9/c1-23-16-15(22)14(21)13(20)11(25-16)7-24-12(19)5-3-8-2-4-9(17)10(18)6-8/h2-6,11,13-18,20-22H,7H2,1H3/b5-3-/t11-,13-,14+,15-,16?/m1/s1/i3D. The smallest absolute Gasteiger partial charge is 0.330 e. The molecule has 1 fully saturated rings. The van der Waals surface area contributed by atoms with Gasteiger partial charge in [-0.15, -0.1) is 0 Å². The Kier molecular flexibility index (Phi) is 5.84. The maximum atomic E-state index is 11.8. The summed E-state index contributed by atoms with van der Waals surface area (Å²) in [5, 5.41) is 47.9. The number of phenolic OH excluding ortho intramolecular Hbond substituents is 2. The highest BCUT2D eigenvalue weighted by Gasteiger charge is 2.44. The molecular weight excluding hydrogens is 336 g/mol. The highest BCUT2D eigenvalue weighted by molar-refractivity contribution is 5.87. The van der Waals surface area contributed by atoms with Crippen molar-refractivity contribution in [1.82, 2.24) is 0 Å². The first-order valence-electron chi connectivity index (χ1n) is 7.84. The van der Waals surface area contributed by atoms with E-state index in [9.17, 15) is 30.3 Å². The van der Waals surface area contributed by atoms with Crippen molar-refractivity contribution in [2.45, 2.75) is 30.7 Å². The number of phenols is 2. The molecular formula is C16H20O9. The summed E-state index contributed by atoms with van der Waals surface area (Å²) in [4.78, 5) is 11.8. The topological polar surface area (TPSA) is 146 Å². The SMILES string of the molecule is [2H]/C(=C/C(=O)OC[C@H]1OC(OC)[C@H](O)[C@@H](O)[C@@H]1O)c1ccc(O)c(O)c1. The molecule has 1 unspecified atom stereocenters. The third kappa shape index (κ3) is 4.68. The molecule has 1 aliphatic rings. The van der Waals surface area contributed by atoms with Crippen LogP contribution in [0.2, 0.25) is 0 Å². The molecule has 1 aromatic rings. The zero-order valence-corrected chi connectivity index (χ0v) is 13.3. The van der Waals surface area contributed by atoms with Crippen molar-refractivity contribution in [3.05, 3.63) is 29.8 Å². The van der Waals surface area contributed by atoms with Crippen molar-refractivity contribution in [2.75, 3.05) is 13.7 Å². The van der Waals surface area contributed by atoms with E-state index in [0.717, 1.165) is 12.1 Å². The Labute approximate surface area is 144 Å². The highest BCUT2D eigenvalue weighted by atomic mass is 16.7. The van der Waals surface area contributed by atoms with Gasteiger partial charge in [0.1, 0.15) is 31.0 Å². The van der Waals surface area contributed by atoms with Crippen LogP contribution < -0.4 is 0 Å². The number of carbonyl (C=O) groups excluding carboxylic acids is 1. The normalized spacial score (nSPS) is 30.6. The largest absolute Gasteiger partial charge is 0.504 e. The lowest BCUT2D eigenvalue weighted by Gasteiger charge is -2.39. The van der Waals surface area contributed by atoms with Crippen LogP contribution in [-0.4, -0.2) is 75.9 Å². The molecule has 0 aromatic heterocycles. The molecule has 0 aliphatic carbocycles. The van der Waals surface area contributed by atoms with Crippen LogP contribution in [0.4, 0.5) is 0 Å². The average Bonchev–Trinajstić information content (AvgIpc) is 2.61. The maximum absolute atomic E-state index is 11.8. The van der Waals surface area contributed by atoms with E-state index >= 15 is 0 Å². The van der Waals surface area contributed by atoms with E-state index in [0.29, 0.717) is 0 Å². The molecule has 0 saturated carbocycles. The highest BCUT2D eigenvalue weighted by Crippen LogP contribution is 2.25. The predicted octanol–water partition coefficient (Wildman–Crippen LogP) is -0.892. The monoisotopic (exact) mass is 357 g/mol. The summed E-state index contributed by atoms with van der Waals surface area (Å²) in [5.74, 6) is -1.72. The Hall–Kier alpha value is -2.17. The molecule has 1 saturated heterocycles. The van der Waals surface area contributed by atoms with Gasteiger partial charge in [0.2, 0.25) is 0 Å². The van der Waals surface area contributed by atoms with E-state index in [2.05, 4.69) is 0 Å². The first-order chi connectivity index (χ1) is 12.2. The zero-order valence-electron chi connectivity index (χ0n) is 14.3. The van der Waals surface area contributed by atoms with Crippen LogP contribution in [0.1, 0.15) is 6.93 Å². The number of esters is 1. The maximum Gasteiger partial charge on any atom is 0.330 e. The third-order valence-corrected chi connectivity index (χ3v) is 3.62. The lowest BCUT2D eigenvalue weighted by atomic mass is 9.99. The summed E-state index contributed by atoms with van der Waals surface area (Å²) in [6.45, 7) is -0.450. The summed E-state index contributed by atoms with van der Waals surface area (Å²) in [7, 11) is 1.24. The minimum absolute atomic E-state index is 0.171. The Bertz CT molecular complexity index is 676. The van der Waals surface area contributed by atoms with Crippen molar-refractivity contribution in [2.24, 2.45) is 0 Å². The fourth-order valence-corrected chi connectivity index (χ4v) is 2.21. The summed E-state index contributed by atoms with van der Waals surface area (Å²) in [6.07, 6.45) is -6.00. The average molecular weight is 357 g/mol. The second kappa shape index (κ2) is 8.28. The lowest BCUT2D eigenvalue weighted by Crippen LogP contribution is -2.59. The molecule has 0 spiro atoms. The number of aliphatic hydroxyl groups excluding tert-OH is 3. The second-order valence-corrected chi connectivity index (χ2v) is 5.37. The van der Waals surface area contributed by atoms with Crippen LogP contribution in [0.3, 0.4) is 0 Å². The van der Waals surface area contributed by atoms with E-state index in [1.54, 1.807) is 0 Å². The van der Waals surface area contributed by atoms with Crippen molar-refractivity contribution in [3.8, 4) is 11.5 Å². The summed E-state index contributed by atoms with van der Waals surface area (Å²) in [6, 6.07) is 3.33. The van der Waals surface area contributed by atoms with Gasteiger partial charge in [-0.05, 0) is 23.7 Å². The lowest BCUT2D eigenvalue weighted by molar-refractivity contribution is -0.294. The number of hydrogen-bond donors (Lipinski definition) is 5. The van der Waals surface area contributed by atoms with Crippen LogP contribution in [-0.2, 0) is 19.0 Å². The number of hydrogen-bond acceptors (Lipinski definition) is 9. The minimum Gasteiger partial charge on any atom is -0.504 e. The summed E-state index contributed by atoms with van der Waals surface area (Å²) < 4.78 is 22.7. The van der Waals surface area contributed by atoms with Gasteiger partial charge in [-0.3, -0.25) is 0 Å². The second-order valence-electron chi connectivity index (χ2n) is 5.37. The molecule has 1 aliphatic heterocycles. The van der Waals surface area contributed by atoms with Crippen LogP contribution in [0.15, 0.2) is 24.3 Å². The first kappa shape index (κ1) is 17.6. The third-order valence-electron chi connectivity index (χ3n) is 3.62. The van der Waals surface area contributed by atoms with Crippen molar-refractivity contribution in [1.29, 1.82) is 0 Å². The van der Waals surface area contributed by atoms with E-state index in [-0.39, 0.29) is 17.4 Å². The predicted molar refractivity (Wildman–Crippen MR) is 83.5 cm³/mol. The Balaban J connectivity index is 1.98. The Morgan fingerprint density at radius 3 is 2.60 bits per heavy atom. The van der Waals surface area contributed by atoms with Gasteiger partial charge in [0.05, 0.1) is 1.37 Å². The molecule has 9 nitrogen and oxygen atoms in total. The van der Waals surface area contributed by atoms with Gasteiger partial charge < -0.3 is 39.7 Å². The van der Waals surface area contributed by atoms with Crippen molar-refractivity contribution in [3.63, 3.8) is 0 Å².